The summed E-state index contributed by atoms with van der Waals surface area (Å²) in [4.78, 5) is 42.9. The van der Waals surface area contributed by atoms with Crippen molar-refractivity contribution >= 4 is 39.1 Å². The predicted octanol–water partition coefficient (Wildman–Crippen LogP) is 2.46. The number of anilines is 1. The topological polar surface area (TPSA) is 93.1 Å². The molecule has 140 valence electrons. The molecule has 2 N–H and O–H groups in total. The van der Waals surface area contributed by atoms with Gasteiger partial charge < -0.3 is 10.6 Å². The van der Waals surface area contributed by atoms with Crippen LogP contribution in [0.5, 0.6) is 0 Å². The lowest BCUT2D eigenvalue weighted by Gasteiger charge is -2.09. The second-order valence-electron chi connectivity index (χ2n) is 6.13. The van der Waals surface area contributed by atoms with Gasteiger partial charge in [-0.25, -0.2) is 4.98 Å². The van der Waals surface area contributed by atoms with Gasteiger partial charge in [0.2, 0.25) is 5.91 Å². The van der Waals surface area contributed by atoms with Gasteiger partial charge in [0.15, 0.2) is 0 Å². The van der Waals surface area contributed by atoms with Crippen molar-refractivity contribution in [2.45, 2.75) is 27.3 Å². The Morgan fingerprint density at radius 2 is 2.04 bits per heavy atom. The number of amides is 2. The van der Waals surface area contributed by atoms with E-state index < -0.39 is 0 Å². The lowest BCUT2D eigenvalue weighted by Crippen LogP contribution is -2.28. The highest BCUT2D eigenvalue weighted by atomic mass is 32.1. The number of benzene rings is 1. The summed E-state index contributed by atoms with van der Waals surface area (Å²) < 4.78 is 1.30. The lowest BCUT2D eigenvalue weighted by atomic mass is 10.2. The maximum atomic E-state index is 12.7. The molecule has 0 saturated carbocycles. The summed E-state index contributed by atoms with van der Waals surface area (Å²) in [5.41, 5.74) is 1.62. The zero-order valence-corrected chi connectivity index (χ0v) is 16.1. The largest absolute Gasteiger partial charge is 0.352 e. The Bertz CT molecular complexity index is 1080. The Kier molecular flexibility index (Phi) is 5.36. The monoisotopic (exact) mass is 384 g/mol. The molecule has 0 aliphatic rings. The van der Waals surface area contributed by atoms with Crippen LogP contribution in [0.2, 0.25) is 0 Å². The molecule has 0 aliphatic carbocycles. The van der Waals surface area contributed by atoms with Crippen LogP contribution in [0.1, 0.15) is 27.7 Å². The van der Waals surface area contributed by atoms with E-state index in [-0.39, 0.29) is 23.9 Å². The number of hydrogen-bond acceptors (Lipinski definition) is 5. The summed E-state index contributed by atoms with van der Waals surface area (Å²) in [6.07, 6.45) is 1.39. The number of fused-ring (bicyclic) bond motifs is 1. The average molecular weight is 384 g/mol. The van der Waals surface area contributed by atoms with Crippen LogP contribution in [0, 0.1) is 13.8 Å². The number of nitrogens with one attached hydrogen (secondary N) is 2. The molecule has 3 aromatic rings. The SMILES string of the molecule is CCNC(=O)c1cccc(NC(=O)Cn2cnc3sc(C)c(C)c3c2=O)c1. The Balaban J connectivity index is 1.79. The van der Waals surface area contributed by atoms with E-state index >= 15 is 0 Å². The van der Waals surface area contributed by atoms with E-state index in [0.717, 1.165) is 10.4 Å². The molecule has 0 atom stereocenters. The number of hydrogen-bond donors (Lipinski definition) is 2. The Morgan fingerprint density at radius 3 is 2.78 bits per heavy atom. The number of carbonyl (C=O) groups is 2. The van der Waals surface area contributed by atoms with Gasteiger partial charge in [-0.15, -0.1) is 11.3 Å². The molecular formula is C19H20N4O3S. The molecule has 8 heteroatoms. The van der Waals surface area contributed by atoms with Crippen LogP contribution in [-0.4, -0.2) is 27.9 Å². The lowest BCUT2D eigenvalue weighted by molar-refractivity contribution is -0.116. The van der Waals surface area contributed by atoms with Crippen LogP contribution < -0.4 is 16.2 Å². The van der Waals surface area contributed by atoms with E-state index in [1.165, 1.54) is 22.2 Å². The Hall–Kier alpha value is -3.00. The number of aromatic nitrogens is 2. The van der Waals surface area contributed by atoms with E-state index in [0.29, 0.717) is 28.0 Å². The predicted molar refractivity (Wildman–Crippen MR) is 106 cm³/mol. The second kappa shape index (κ2) is 7.71. The van der Waals surface area contributed by atoms with Crippen molar-refractivity contribution in [3.8, 4) is 0 Å². The van der Waals surface area contributed by atoms with Crippen molar-refractivity contribution in [1.82, 2.24) is 14.9 Å². The number of nitrogens with zero attached hydrogens (tertiary/aromatic N) is 2. The van der Waals surface area contributed by atoms with Crippen molar-refractivity contribution in [1.29, 1.82) is 0 Å². The van der Waals surface area contributed by atoms with Crippen molar-refractivity contribution in [2.24, 2.45) is 0 Å². The van der Waals surface area contributed by atoms with Crippen LogP contribution in [0.25, 0.3) is 10.2 Å². The van der Waals surface area contributed by atoms with Crippen LogP contribution in [0.4, 0.5) is 5.69 Å². The molecular weight excluding hydrogens is 364 g/mol. The van der Waals surface area contributed by atoms with Gasteiger partial charge in [-0.1, -0.05) is 6.07 Å². The number of rotatable bonds is 5. The Morgan fingerprint density at radius 1 is 1.26 bits per heavy atom. The fraction of sp³-hybridized carbons (Fsp3) is 0.263. The van der Waals surface area contributed by atoms with Gasteiger partial charge in [-0.2, -0.15) is 0 Å². The molecule has 0 fully saturated rings. The molecule has 27 heavy (non-hydrogen) atoms. The fourth-order valence-electron chi connectivity index (χ4n) is 2.74. The maximum Gasteiger partial charge on any atom is 0.262 e. The first-order chi connectivity index (χ1) is 12.9. The third-order valence-corrected chi connectivity index (χ3v) is 5.33. The van der Waals surface area contributed by atoms with Crippen molar-refractivity contribution < 1.29 is 9.59 Å². The molecule has 7 nitrogen and oxygen atoms in total. The second-order valence-corrected chi connectivity index (χ2v) is 7.33. The number of aryl methyl sites for hydroxylation is 2. The number of thiophene rings is 1. The maximum absolute atomic E-state index is 12.7. The molecule has 0 saturated heterocycles. The van der Waals surface area contributed by atoms with Crippen molar-refractivity contribution in [3.63, 3.8) is 0 Å². The highest BCUT2D eigenvalue weighted by Crippen LogP contribution is 2.25. The molecule has 0 aliphatic heterocycles. The van der Waals surface area contributed by atoms with E-state index in [9.17, 15) is 14.4 Å². The van der Waals surface area contributed by atoms with Gasteiger partial charge in [-0.3, -0.25) is 19.0 Å². The van der Waals surface area contributed by atoms with Gasteiger partial charge in [0.25, 0.3) is 11.5 Å². The van der Waals surface area contributed by atoms with Crippen LogP contribution >= 0.6 is 11.3 Å². The third-order valence-electron chi connectivity index (χ3n) is 4.22. The average Bonchev–Trinajstić information content (AvgIpc) is 2.93. The molecule has 2 aromatic heterocycles. The third kappa shape index (κ3) is 3.90. The van der Waals surface area contributed by atoms with Gasteiger partial charge >= 0.3 is 0 Å². The molecule has 2 amide bonds. The van der Waals surface area contributed by atoms with E-state index in [4.69, 9.17) is 0 Å². The minimum absolute atomic E-state index is 0.151. The zero-order chi connectivity index (χ0) is 19.6. The summed E-state index contributed by atoms with van der Waals surface area (Å²) >= 11 is 1.47. The van der Waals surface area contributed by atoms with Crippen LogP contribution in [0.15, 0.2) is 35.4 Å². The van der Waals surface area contributed by atoms with Gasteiger partial charge in [0, 0.05) is 22.7 Å². The first kappa shape index (κ1) is 18.8. The van der Waals surface area contributed by atoms with Gasteiger partial charge in [-0.05, 0) is 44.5 Å². The summed E-state index contributed by atoms with van der Waals surface area (Å²) in [5.74, 6) is -0.571. The minimum Gasteiger partial charge on any atom is -0.352 e. The summed E-state index contributed by atoms with van der Waals surface area (Å²) in [7, 11) is 0. The molecule has 1 aromatic carbocycles. The first-order valence-corrected chi connectivity index (χ1v) is 9.35. The van der Waals surface area contributed by atoms with Crippen molar-refractivity contribution in [2.75, 3.05) is 11.9 Å². The number of carbonyl (C=O) groups excluding carboxylic acids is 2. The first-order valence-electron chi connectivity index (χ1n) is 8.54. The smallest absolute Gasteiger partial charge is 0.262 e. The normalized spacial score (nSPS) is 10.8. The van der Waals surface area contributed by atoms with Crippen molar-refractivity contribution in [3.05, 3.63) is 57.0 Å². The highest BCUT2D eigenvalue weighted by Gasteiger charge is 2.14. The van der Waals surface area contributed by atoms with Gasteiger partial charge in [0.1, 0.15) is 11.4 Å². The standard InChI is InChI=1S/C19H20N4O3S/c1-4-20-17(25)13-6-5-7-14(8-13)22-15(24)9-23-10-21-18-16(19(23)26)11(2)12(3)27-18/h5-8,10H,4,9H2,1-3H3,(H,20,25)(H,22,24). The molecule has 3 rings (SSSR count). The van der Waals surface area contributed by atoms with E-state index in [1.807, 2.05) is 20.8 Å². The highest BCUT2D eigenvalue weighted by molar-refractivity contribution is 7.18. The molecule has 0 spiro atoms. The summed E-state index contributed by atoms with van der Waals surface area (Å²) in [6, 6.07) is 6.65. The fourth-order valence-corrected chi connectivity index (χ4v) is 3.73. The molecule has 0 unspecified atom stereocenters. The molecule has 0 bridgehead atoms. The molecule has 0 radical (unpaired) electrons. The summed E-state index contributed by atoms with van der Waals surface area (Å²) in [6.45, 7) is 6.04. The minimum atomic E-state index is -0.365. The Labute approximate surface area is 160 Å². The van der Waals surface area contributed by atoms with Crippen LogP contribution in [-0.2, 0) is 11.3 Å². The zero-order valence-electron chi connectivity index (χ0n) is 15.3. The van der Waals surface area contributed by atoms with E-state index in [2.05, 4.69) is 15.6 Å². The van der Waals surface area contributed by atoms with E-state index in [1.54, 1.807) is 24.3 Å². The van der Waals surface area contributed by atoms with Crippen LogP contribution in [0.3, 0.4) is 0 Å². The quantitative estimate of drug-likeness (QED) is 0.707. The molecule has 2 heterocycles. The van der Waals surface area contributed by atoms with Gasteiger partial charge in [0.05, 0.1) is 11.7 Å². The summed E-state index contributed by atoms with van der Waals surface area (Å²) in [5, 5.41) is 5.99.